The van der Waals surface area contributed by atoms with Crippen LogP contribution in [0.3, 0.4) is 0 Å². The zero-order valence-corrected chi connectivity index (χ0v) is 15.2. The maximum absolute atomic E-state index is 12.9. The molecule has 0 spiro atoms. The number of hydrogen-bond acceptors (Lipinski definition) is 2. The molecule has 23 heavy (non-hydrogen) atoms. The number of allylic oxidation sites excluding steroid dienone is 1. The van der Waals surface area contributed by atoms with Crippen LogP contribution in [0.2, 0.25) is 0 Å². The van der Waals surface area contributed by atoms with E-state index in [1.807, 2.05) is 6.08 Å². The highest BCUT2D eigenvalue weighted by Crippen LogP contribution is 2.59. The molecule has 2 aliphatic carbocycles. The van der Waals surface area contributed by atoms with Gasteiger partial charge in [-0.05, 0) is 47.8 Å². The molecule has 0 amide bonds. The van der Waals surface area contributed by atoms with Crippen LogP contribution in [0, 0.1) is 28.1 Å². The Labute approximate surface area is 140 Å². The number of carboxylic acids is 1. The number of ketones is 1. The van der Waals surface area contributed by atoms with Gasteiger partial charge in [-0.15, -0.1) is 6.58 Å². The van der Waals surface area contributed by atoms with Crippen molar-refractivity contribution < 1.29 is 14.7 Å². The average Bonchev–Trinajstić information content (AvgIpc) is 2.42. The van der Waals surface area contributed by atoms with Gasteiger partial charge in [0.05, 0.1) is 0 Å². The van der Waals surface area contributed by atoms with Gasteiger partial charge in [0.2, 0.25) is 0 Å². The summed E-state index contributed by atoms with van der Waals surface area (Å²) in [5, 5.41) is 9.42. The van der Waals surface area contributed by atoms with Gasteiger partial charge in [-0.1, -0.05) is 40.2 Å². The Morgan fingerprint density at radius 2 is 1.91 bits per heavy atom. The standard InChI is InChI=1S/C20H32O3/c1-6-19(4)11-8-14(15(21)13-19)20(5)10-7-9-18(2,3)16(20)12-17(22)23/h6,14,16H,1,7-13H2,2-5H3,(H,22,23). The van der Waals surface area contributed by atoms with Crippen LogP contribution in [-0.2, 0) is 9.59 Å². The lowest BCUT2D eigenvalue weighted by Gasteiger charge is -2.55. The highest BCUT2D eigenvalue weighted by Gasteiger charge is 2.54. The molecule has 1 N–H and O–H groups in total. The van der Waals surface area contributed by atoms with Gasteiger partial charge in [0, 0.05) is 18.8 Å². The summed E-state index contributed by atoms with van der Waals surface area (Å²) in [5.74, 6) is -0.368. The van der Waals surface area contributed by atoms with Gasteiger partial charge < -0.3 is 5.11 Å². The molecular weight excluding hydrogens is 288 g/mol. The van der Waals surface area contributed by atoms with E-state index in [1.54, 1.807) is 0 Å². The molecule has 2 rings (SSSR count). The Kier molecular flexibility index (Phi) is 4.81. The molecule has 3 heteroatoms. The third-order valence-corrected chi connectivity index (χ3v) is 6.91. The molecule has 4 atom stereocenters. The third-order valence-electron chi connectivity index (χ3n) is 6.91. The second-order valence-electron chi connectivity index (χ2n) is 9.09. The lowest BCUT2D eigenvalue weighted by atomic mass is 9.48. The van der Waals surface area contributed by atoms with Crippen LogP contribution in [0.1, 0.15) is 72.6 Å². The van der Waals surface area contributed by atoms with Gasteiger partial charge in [0.25, 0.3) is 0 Å². The number of carbonyl (C=O) groups excluding carboxylic acids is 1. The van der Waals surface area contributed by atoms with Gasteiger partial charge in [0.15, 0.2) is 0 Å². The predicted octanol–water partition coefficient (Wildman–Crippen LogP) is 4.86. The van der Waals surface area contributed by atoms with Crippen molar-refractivity contribution in [1.29, 1.82) is 0 Å². The van der Waals surface area contributed by atoms with E-state index in [0.717, 1.165) is 32.1 Å². The topological polar surface area (TPSA) is 54.4 Å². The molecule has 0 aliphatic heterocycles. The lowest BCUT2D eigenvalue weighted by Crippen LogP contribution is -2.51. The first-order valence-corrected chi connectivity index (χ1v) is 8.92. The highest BCUT2D eigenvalue weighted by atomic mass is 16.4. The van der Waals surface area contributed by atoms with E-state index >= 15 is 0 Å². The van der Waals surface area contributed by atoms with Gasteiger partial charge in [-0.2, -0.15) is 0 Å². The van der Waals surface area contributed by atoms with Crippen LogP contribution in [-0.4, -0.2) is 16.9 Å². The van der Waals surface area contributed by atoms with E-state index in [-0.39, 0.29) is 34.5 Å². The summed E-state index contributed by atoms with van der Waals surface area (Å²) >= 11 is 0. The van der Waals surface area contributed by atoms with Gasteiger partial charge >= 0.3 is 5.97 Å². The Bertz CT molecular complexity index is 507. The fraction of sp³-hybridized carbons (Fsp3) is 0.800. The first kappa shape index (κ1) is 18.2. The molecule has 0 radical (unpaired) electrons. The smallest absolute Gasteiger partial charge is 0.303 e. The van der Waals surface area contributed by atoms with Crippen LogP contribution in [0.15, 0.2) is 12.7 Å². The fourth-order valence-corrected chi connectivity index (χ4v) is 5.38. The summed E-state index contributed by atoms with van der Waals surface area (Å²) < 4.78 is 0. The van der Waals surface area contributed by atoms with Crippen molar-refractivity contribution in [2.24, 2.45) is 28.1 Å². The predicted molar refractivity (Wildman–Crippen MR) is 92.1 cm³/mol. The zero-order chi connectivity index (χ0) is 17.5. The van der Waals surface area contributed by atoms with Crippen LogP contribution in [0.4, 0.5) is 0 Å². The molecular formula is C20H32O3. The zero-order valence-electron chi connectivity index (χ0n) is 15.2. The number of rotatable bonds is 4. The number of hydrogen-bond donors (Lipinski definition) is 1. The molecule has 0 aromatic heterocycles. The van der Waals surface area contributed by atoms with Crippen molar-refractivity contribution in [2.75, 3.05) is 0 Å². The first-order chi connectivity index (χ1) is 10.5. The molecule has 0 bridgehead atoms. The molecule has 130 valence electrons. The third kappa shape index (κ3) is 3.39. The molecule has 2 fully saturated rings. The van der Waals surface area contributed by atoms with Crippen molar-refractivity contribution in [1.82, 2.24) is 0 Å². The van der Waals surface area contributed by atoms with Gasteiger partial charge in [-0.3, -0.25) is 9.59 Å². The fourth-order valence-electron chi connectivity index (χ4n) is 5.38. The quantitative estimate of drug-likeness (QED) is 0.753. The summed E-state index contributed by atoms with van der Waals surface area (Å²) in [4.78, 5) is 24.4. The number of Topliss-reactive ketones (excluding diaryl/α,β-unsaturated/α-hetero) is 1. The maximum Gasteiger partial charge on any atom is 0.303 e. The van der Waals surface area contributed by atoms with E-state index in [4.69, 9.17) is 0 Å². The van der Waals surface area contributed by atoms with E-state index in [0.29, 0.717) is 12.2 Å². The SMILES string of the molecule is C=CC1(C)CCC(C2(C)CCCC(C)(C)C2CC(=O)O)C(=O)C1. The monoisotopic (exact) mass is 320 g/mol. The average molecular weight is 320 g/mol. The van der Waals surface area contributed by atoms with E-state index in [1.165, 1.54) is 0 Å². The van der Waals surface area contributed by atoms with Crippen molar-refractivity contribution >= 4 is 11.8 Å². The minimum Gasteiger partial charge on any atom is -0.481 e. The highest BCUT2D eigenvalue weighted by molar-refractivity contribution is 5.83. The van der Waals surface area contributed by atoms with Crippen molar-refractivity contribution in [3.05, 3.63) is 12.7 Å². The molecule has 2 aliphatic rings. The summed E-state index contributed by atoms with van der Waals surface area (Å²) in [7, 11) is 0. The summed E-state index contributed by atoms with van der Waals surface area (Å²) in [5.41, 5.74) is -0.305. The summed E-state index contributed by atoms with van der Waals surface area (Å²) in [6.07, 6.45) is 7.59. The largest absolute Gasteiger partial charge is 0.481 e. The van der Waals surface area contributed by atoms with Crippen molar-refractivity contribution in [3.63, 3.8) is 0 Å². The minimum absolute atomic E-state index is 0.000509. The Balaban J connectivity index is 2.32. The molecule has 3 nitrogen and oxygen atoms in total. The summed E-state index contributed by atoms with van der Waals surface area (Å²) in [6.45, 7) is 12.5. The van der Waals surface area contributed by atoms with E-state index in [9.17, 15) is 14.7 Å². The molecule has 0 heterocycles. The maximum atomic E-state index is 12.9. The molecule has 4 unspecified atom stereocenters. The van der Waals surface area contributed by atoms with Crippen LogP contribution >= 0.6 is 0 Å². The van der Waals surface area contributed by atoms with Crippen LogP contribution in [0.25, 0.3) is 0 Å². The second kappa shape index (κ2) is 6.07. The van der Waals surface area contributed by atoms with Gasteiger partial charge in [0.1, 0.15) is 5.78 Å². The second-order valence-corrected chi connectivity index (χ2v) is 9.09. The normalized spacial score (nSPS) is 40.6. The van der Waals surface area contributed by atoms with Crippen molar-refractivity contribution in [3.8, 4) is 0 Å². The lowest BCUT2D eigenvalue weighted by molar-refractivity contribution is -0.150. The number of carbonyl (C=O) groups is 2. The van der Waals surface area contributed by atoms with E-state index < -0.39 is 5.97 Å². The van der Waals surface area contributed by atoms with E-state index in [2.05, 4.69) is 34.3 Å². The number of aliphatic carboxylic acids is 1. The Hall–Kier alpha value is -1.12. The molecule has 0 aromatic rings. The van der Waals surface area contributed by atoms with Crippen LogP contribution < -0.4 is 0 Å². The first-order valence-electron chi connectivity index (χ1n) is 8.92. The molecule has 0 saturated heterocycles. The summed E-state index contributed by atoms with van der Waals surface area (Å²) in [6, 6.07) is 0. The van der Waals surface area contributed by atoms with Gasteiger partial charge in [-0.25, -0.2) is 0 Å². The Morgan fingerprint density at radius 1 is 1.26 bits per heavy atom. The number of carboxylic acid groups (broad SMARTS) is 1. The molecule has 2 saturated carbocycles. The Morgan fingerprint density at radius 3 is 2.43 bits per heavy atom. The minimum atomic E-state index is -0.740. The molecule has 0 aromatic carbocycles. The van der Waals surface area contributed by atoms with Crippen LogP contribution in [0.5, 0.6) is 0 Å². The van der Waals surface area contributed by atoms with Crippen molar-refractivity contribution in [2.45, 2.75) is 72.6 Å².